The SMILES string of the molecule is Cc1ccoc1C(=O)N1CCN2CCC1CC2. The Kier molecular flexibility index (Phi) is 2.67. The Balaban J connectivity index is 1.84. The molecule has 2 bridgehead atoms. The second-order valence-electron chi connectivity index (χ2n) is 5.00. The first kappa shape index (κ1) is 10.8. The van der Waals surface area contributed by atoms with E-state index in [4.69, 9.17) is 4.42 Å². The zero-order valence-electron chi connectivity index (χ0n) is 10.2. The van der Waals surface area contributed by atoms with Gasteiger partial charge in [-0.25, -0.2) is 0 Å². The van der Waals surface area contributed by atoms with Crippen LogP contribution < -0.4 is 0 Å². The lowest BCUT2D eigenvalue weighted by Crippen LogP contribution is -2.41. The van der Waals surface area contributed by atoms with Gasteiger partial charge in [-0.05, 0) is 25.8 Å². The lowest BCUT2D eigenvalue weighted by molar-refractivity contribution is 0.0651. The maximum Gasteiger partial charge on any atom is 0.290 e. The average molecular weight is 234 g/mol. The summed E-state index contributed by atoms with van der Waals surface area (Å²) in [6.07, 6.45) is 3.80. The first-order valence-electron chi connectivity index (χ1n) is 6.33. The lowest BCUT2D eigenvalue weighted by Gasteiger charge is -2.31. The van der Waals surface area contributed by atoms with Gasteiger partial charge in [0.25, 0.3) is 5.91 Å². The maximum atomic E-state index is 12.4. The number of piperidine rings is 1. The highest BCUT2D eigenvalue weighted by Gasteiger charge is 2.33. The number of carbonyl (C=O) groups is 1. The number of nitrogens with zero attached hydrogens (tertiary/aromatic N) is 2. The van der Waals surface area contributed by atoms with Gasteiger partial charge in [-0.15, -0.1) is 0 Å². The molecule has 3 aliphatic heterocycles. The first-order valence-corrected chi connectivity index (χ1v) is 6.33. The van der Waals surface area contributed by atoms with Gasteiger partial charge in [0.15, 0.2) is 5.76 Å². The molecule has 0 atom stereocenters. The maximum absolute atomic E-state index is 12.4. The number of hydrogen-bond donors (Lipinski definition) is 0. The van der Waals surface area contributed by atoms with Crippen molar-refractivity contribution in [2.45, 2.75) is 25.8 Å². The number of aryl methyl sites for hydroxylation is 1. The molecular weight excluding hydrogens is 216 g/mol. The van der Waals surface area contributed by atoms with E-state index in [2.05, 4.69) is 4.90 Å². The second kappa shape index (κ2) is 4.18. The molecule has 1 aromatic heterocycles. The van der Waals surface area contributed by atoms with Crippen molar-refractivity contribution in [1.82, 2.24) is 9.80 Å². The van der Waals surface area contributed by atoms with Crippen molar-refractivity contribution >= 4 is 5.91 Å². The molecule has 0 spiro atoms. The molecule has 0 saturated carbocycles. The zero-order valence-corrected chi connectivity index (χ0v) is 10.2. The summed E-state index contributed by atoms with van der Waals surface area (Å²) in [6.45, 7) is 6.03. The molecule has 0 radical (unpaired) electrons. The van der Waals surface area contributed by atoms with Gasteiger partial charge in [0.2, 0.25) is 0 Å². The highest BCUT2D eigenvalue weighted by Crippen LogP contribution is 2.23. The summed E-state index contributed by atoms with van der Waals surface area (Å²) in [6, 6.07) is 2.26. The monoisotopic (exact) mass is 234 g/mol. The number of furan rings is 1. The summed E-state index contributed by atoms with van der Waals surface area (Å²) in [7, 11) is 0. The molecular formula is C13H18N2O2. The Labute approximate surface area is 101 Å². The van der Waals surface area contributed by atoms with Gasteiger partial charge in [0.1, 0.15) is 0 Å². The van der Waals surface area contributed by atoms with Crippen molar-refractivity contribution in [3.05, 3.63) is 23.7 Å². The number of amides is 1. The van der Waals surface area contributed by atoms with E-state index in [1.165, 1.54) is 0 Å². The largest absolute Gasteiger partial charge is 0.459 e. The van der Waals surface area contributed by atoms with Crippen molar-refractivity contribution in [3.8, 4) is 0 Å². The zero-order chi connectivity index (χ0) is 11.8. The van der Waals surface area contributed by atoms with Gasteiger partial charge >= 0.3 is 0 Å². The molecule has 3 fully saturated rings. The summed E-state index contributed by atoms with van der Waals surface area (Å²) < 4.78 is 5.32. The van der Waals surface area contributed by atoms with Crippen LogP contribution in [0.3, 0.4) is 0 Å². The molecule has 92 valence electrons. The topological polar surface area (TPSA) is 36.7 Å². The Morgan fingerprint density at radius 2 is 2.06 bits per heavy atom. The Bertz CT molecular complexity index is 419. The molecule has 0 aliphatic carbocycles. The van der Waals surface area contributed by atoms with Crippen LogP contribution in [0.15, 0.2) is 16.7 Å². The fraction of sp³-hybridized carbons (Fsp3) is 0.615. The van der Waals surface area contributed by atoms with Crippen LogP contribution in [-0.2, 0) is 0 Å². The smallest absolute Gasteiger partial charge is 0.290 e. The molecule has 0 N–H and O–H groups in total. The van der Waals surface area contributed by atoms with Crippen molar-refractivity contribution in [1.29, 1.82) is 0 Å². The van der Waals surface area contributed by atoms with E-state index in [1.807, 2.05) is 17.9 Å². The quantitative estimate of drug-likeness (QED) is 0.739. The van der Waals surface area contributed by atoms with Crippen LogP contribution in [-0.4, -0.2) is 47.9 Å². The number of carbonyl (C=O) groups excluding carboxylic acids is 1. The third-order valence-corrected chi connectivity index (χ3v) is 3.97. The summed E-state index contributed by atoms with van der Waals surface area (Å²) in [5.41, 5.74) is 0.939. The highest BCUT2D eigenvalue weighted by molar-refractivity contribution is 5.93. The van der Waals surface area contributed by atoms with Gasteiger partial charge in [0.05, 0.1) is 6.26 Å². The Hall–Kier alpha value is -1.29. The summed E-state index contributed by atoms with van der Waals surface area (Å²) in [5.74, 6) is 0.589. The Morgan fingerprint density at radius 1 is 1.29 bits per heavy atom. The molecule has 4 heteroatoms. The van der Waals surface area contributed by atoms with Gasteiger partial charge in [0, 0.05) is 37.8 Å². The Morgan fingerprint density at radius 3 is 2.71 bits per heavy atom. The van der Waals surface area contributed by atoms with Crippen LogP contribution >= 0.6 is 0 Å². The third-order valence-electron chi connectivity index (χ3n) is 3.97. The highest BCUT2D eigenvalue weighted by atomic mass is 16.3. The third kappa shape index (κ3) is 1.86. The van der Waals surface area contributed by atoms with Crippen molar-refractivity contribution in [2.75, 3.05) is 26.2 Å². The predicted octanol–water partition coefficient (Wildman–Crippen LogP) is 1.51. The lowest BCUT2D eigenvalue weighted by atomic mass is 10.0. The minimum atomic E-state index is 0.0706. The first-order chi connectivity index (χ1) is 8.25. The van der Waals surface area contributed by atoms with Crippen LogP contribution in [0.25, 0.3) is 0 Å². The summed E-state index contributed by atoms with van der Waals surface area (Å²) >= 11 is 0. The molecule has 0 unspecified atom stereocenters. The average Bonchev–Trinajstić information content (AvgIpc) is 2.58. The van der Waals surface area contributed by atoms with Crippen LogP contribution in [0.2, 0.25) is 0 Å². The molecule has 4 nitrogen and oxygen atoms in total. The summed E-state index contributed by atoms with van der Waals surface area (Å²) in [4.78, 5) is 16.9. The van der Waals surface area contributed by atoms with Crippen molar-refractivity contribution in [3.63, 3.8) is 0 Å². The second-order valence-corrected chi connectivity index (χ2v) is 5.00. The molecule has 4 rings (SSSR count). The fourth-order valence-corrected chi connectivity index (χ4v) is 2.88. The van der Waals surface area contributed by atoms with E-state index in [9.17, 15) is 4.79 Å². The van der Waals surface area contributed by atoms with Crippen molar-refractivity contribution < 1.29 is 9.21 Å². The van der Waals surface area contributed by atoms with Gasteiger partial charge in [-0.1, -0.05) is 0 Å². The molecule has 3 aliphatic rings. The van der Waals surface area contributed by atoms with E-state index in [0.717, 1.165) is 44.6 Å². The minimum Gasteiger partial charge on any atom is -0.459 e. The summed E-state index contributed by atoms with van der Waals surface area (Å²) in [5, 5.41) is 0. The van der Waals surface area contributed by atoms with E-state index >= 15 is 0 Å². The van der Waals surface area contributed by atoms with Crippen LogP contribution in [0.1, 0.15) is 29.0 Å². The molecule has 1 amide bonds. The number of hydrogen-bond acceptors (Lipinski definition) is 3. The molecule has 0 aromatic carbocycles. The van der Waals surface area contributed by atoms with E-state index < -0.39 is 0 Å². The van der Waals surface area contributed by atoms with Gasteiger partial charge in [-0.3, -0.25) is 4.79 Å². The normalized spacial score (nSPS) is 28.2. The minimum absolute atomic E-state index is 0.0706. The van der Waals surface area contributed by atoms with Crippen molar-refractivity contribution in [2.24, 2.45) is 0 Å². The molecule has 3 saturated heterocycles. The van der Waals surface area contributed by atoms with Gasteiger partial charge in [-0.2, -0.15) is 0 Å². The van der Waals surface area contributed by atoms with Crippen LogP contribution in [0.5, 0.6) is 0 Å². The molecule has 4 heterocycles. The fourth-order valence-electron chi connectivity index (χ4n) is 2.88. The van der Waals surface area contributed by atoms with E-state index in [-0.39, 0.29) is 5.91 Å². The number of fused-ring (bicyclic) bond motifs is 4. The van der Waals surface area contributed by atoms with E-state index in [0.29, 0.717) is 11.8 Å². The van der Waals surface area contributed by atoms with E-state index in [1.54, 1.807) is 6.26 Å². The van der Waals surface area contributed by atoms with Crippen LogP contribution in [0.4, 0.5) is 0 Å². The molecule has 17 heavy (non-hydrogen) atoms. The number of rotatable bonds is 1. The standard InChI is InChI=1S/C13H18N2O2/c1-10-4-9-17-12(10)13(16)15-8-7-14-5-2-11(15)3-6-14/h4,9,11H,2-3,5-8H2,1H3. The predicted molar refractivity (Wildman–Crippen MR) is 63.9 cm³/mol. The van der Waals surface area contributed by atoms with Crippen LogP contribution in [0, 0.1) is 6.92 Å². The molecule has 1 aromatic rings. The van der Waals surface area contributed by atoms with Gasteiger partial charge < -0.3 is 14.2 Å².